The van der Waals surface area contributed by atoms with Crippen molar-refractivity contribution in [2.45, 2.75) is 13.5 Å². The Kier molecular flexibility index (Phi) is 3.28. The molecule has 0 unspecified atom stereocenters. The van der Waals surface area contributed by atoms with E-state index in [0.717, 1.165) is 17.7 Å². The van der Waals surface area contributed by atoms with Gasteiger partial charge in [-0.25, -0.2) is 4.79 Å². The van der Waals surface area contributed by atoms with Crippen LogP contribution in [0.4, 0.5) is 0 Å². The van der Waals surface area contributed by atoms with Gasteiger partial charge in [0.05, 0.1) is 7.11 Å². The Balaban J connectivity index is 2.45. The normalized spacial score (nSPS) is 10.2. The molecule has 3 nitrogen and oxygen atoms in total. The highest BCUT2D eigenvalue weighted by Gasteiger charge is 2.13. The van der Waals surface area contributed by atoms with Crippen LogP contribution in [0.25, 0.3) is 11.1 Å². The van der Waals surface area contributed by atoms with Gasteiger partial charge in [-0.3, -0.25) is 0 Å². The SMILES string of the molecule is CCn1cc(-c2ccccc2)cc1C(=O)OC. The predicted molar refractivity (Wildman–Crippen MR) is 66.9 cm³/mol. The minimum Gasteiger partial charge on any atom is -0.464 e. The second-order valence-electron chi connectivity index (χ2n) is 3.76. The number of hydrogen-bond acceptors (Lipinski definition) is 2. The Labute approximate surface area is 101 Å². The standard InChI is InChI=1S/C14H15NO2/c1-3-15-10-12(9-13(15)14(16)17-2)11-7-5-4-6-8-11/h4-10H,3H2,1-2H3. The van der Waals surface area contributed by atoms with E-state index in [1.54, 1.807) is 0 Å². The lowest BCUT2D eigenvalue weighted by Crippen LogP contribution is -2.08. The van der Waals surface area contributed by atoms with Crippen LogP contribution in [0.15, 0.2) is 42.6 Å². The van der Waals surface area contributed by atoms with E-state index in [1.165, 1.54) is 7.11 Å². The second kappa shape index (κ2) is 4.87. The average Bonchev–Trinajstić information content (AvgIpc) is 2.83. The van der Waals surface area contributed by atoms with Crippen LogP contribution < -0.4 is 0 Å². The summed E-state index contributed by atoms with van der Waals surface area (Å²) in [6.07, 6.45) is 1.97. The Morgan fingerprint density at radius 3 is 2.53 bits per heavy atom. The minimum atomic E-state index is -0.297. The number of carbonyl (C=O) groups excluding carboxylic acids is 1. The molecular formula is C14H15NO2. The van der Waals surface area contributed by atoms with E-state index in [9.17, 15) is 4.79 Å². The first-order valence-electron chi connectivity index (χ1n) is 5.60. The fourth-order valence-electron chi connectivity index (χ4n) is 1.84. The summed E-state index contributed by atoms with van der Waals surface area (Å²) in [6.45, 7) is 2.75. The van der Waals surface area contributed by atoms with Crippen LogP contribution in [0.2, 0.25) is 0 Å². The van der Waals surface area contributed by atoms with Crippen molar-refractivity contribution in [3.63, 3.8) is 0 Å². The van der Waals surface area contributed by atoms with Crippen molar-refractivity contribution in [3.05, 3.63) is 48.3 Å². The molecule has 0 aliphatic heterocycles. The number of ether oxygens (including phenoxy) is 1. The van der Waals surface area contributed by atoms with Crippen molar-refractivity contribution < 1.29 is 9.53 Å². The second-order valence-corrected chi connectivity index (χ2v) is 3.76. The highest BCUT2D eigenvalue weighted by Crippen LogP contribution is 2.22. The number of carbonyl (C=O) groups is 1. The highest BCUT2D eigenvalue weighted by molar-refractivity contribution is 5.89. The zero-order chi connectivity index (χ0) is 12.3. The van der Waals surface area contributed by atoms with E-state index in [2.05, 4.69) is 0 Å². The van der Waals surface area contributed by atoms with Gasteiger partial charge in [0.25, 0.3) is 0 Å². The van der Waals surface area contributed by atoms with E-state index >= 15 is 0 Å². The fraction of sp³-hybridized carbons (Fsp3) is 0.214. The van der Waals surface area contributed by atoms with E-state index in [-0.39, 0.29) is 5.97 Å². The number of aryl methyl sites for hydroxylation is 1. The van der Waals surface area contributed by atoms with Crippen LogP contribution in [-0.2, 0) is 11.3 Å². The molecule has 0 atom stereocenters. The molecule has 88 valence electrons. The van der Waals surface area contributed by atoms with Crippen LogP contribution in [0, 0.1) is 0 Å². The van der Waals surface area contributed by atoms with Crippen LogP contribution in [0.5, 0.6) is 0 Å². The molecule has 0 bridgehead atoms. The largest absolute Gasteiger partial charge is 0.464 e. The Morgan fingerprint density at radius 1 is 1.24 bits per heavy atom. The lowest BCUT2D eigenvalue weighted by molar-refractivity contribution is 0.0588. The Morgan fingerprint density at radius 2 is 1.94 bits per heavy atom. The first-order valence-corrected chi connectivity index (χ1v) is 5.60. The lowest BCUT2D eigenvalue weighted by Gasteiger charge is -2.02. The number of esters is 1. The van der Waals surface area contributed by atoms with E-state index in [4.69, 9.17) is 4.74 Å². The van der Waals surface area contributed by atoms with Gasteiger partial charge >= 0.3 is 5.97 Å². The zero-order valence-electron chi connectivity index (χ0n) is 10.0. The Bertz CT molecular complexity index is 514. The van der Waals surface area contributed by atoms with Gasteiger partial charge in [-0.1, -0.05) is 30.3 Å². The summed E-state index contributed by atoms with van der Waals surface area (Å²) in [5.41, 5.74) is 2.73. The van der Waals surface area contributed by atoms with E-state index in [1.807, 2.05) is 54.1 Å². The van der Waals surface area contributed by atoms with Gasteiger partial charge in [0.2, 0.25) is 0 Å². The van der Waals surface area contributed by atoms with Gasteiger partial charge < -0.3 is 9.30 Å². The third kappa shape index (κ3) is 2.23. The van der Waals surface area contributed by atoms with Crippen molar-refractivity contribution in [3.8, 4) is 11.1 Å². The molecule has 0 spiro atoms. The number of rotatable bonds is 3. The quantitative estimate of drug-likeness (QED) is 0.758. The molecule has 0 saturated carbocycles. The molecule has 0 N–H and O–H groups in total. The number of benzene rings is 1. The number of hydrogen-bond donors (Lipinski definition) is 0. The number of nitrogens with zero attached hydrogens (tertiary/aromatic N) is 1. The molecule has 0 radical (unpaired) electrons. The summed E-state index contributed by atoms with van der Waals surface area (Å²) in [5, 5.41) is 0. The zero-order valence-corrected chi connectivity index (χ0v) is 10.0. The molecule has 0 aliphatic carbocycles. The maximum atomic E-state index is 11.6. The van der Waals surface area contributed by atoms with Crippen LogP contribution in [-0.4, -0.2) is 17.6 Å². The predicted octanol–water partition coefficient (Wildman–Crippen LogP) is 2.96. The van der Waals surface area contributed by atoms with Gasteiger partial charge in [0, 0.05) is 18.3 Å². The Hall–Kier alpha value is -2.03. The molecule has 2 rings (SSSR count). The third-order valence-electron chi connectivity index (χ3n) is 2.74. The topological polar surface area (TPSA) is 31.2 Å². The molecule has 3 heteroatoms. The molecule has 0 fully saturated rings. The molecule has 1 heterocycles. The van der Waals surface area contributed by atoms with Crippen molar-refractivity contribution >= 4 is 5.97 Å². The summed E-state index contributed by atoms with van der Waals surface area (Å²) in [7, 11) is 1.40. The van der Waals surface area contributed by atoms with Gasteiger partial charge in [0.15, 0.2) is 0 Å². The molecule has 1 aromatic heterocycles. The van der Waals surface area contributed by atoms with Crippen molar-refractivity contribution in [1.82, 2.24) is 4.57 Å². The molecule has 1 aromatic carbocycles. The third-order valence-corrected chi connectivity index (χ3v) is 2.74. The molecule has 0 saturated heterocycles. The van der Waals surface area contributed by atoms with Gasteiger partial charge in [-0.05, 0) is 18.6 Å². The van der Waals surface area contributed by atoms with Crippen LogP contribution in [0.3, 0.4) is 0 Å². The number of methoxy groups -OCH3 is 1. The molecular weight excluding hydrogens is 214 g/mol. The maximum Gasteiger partial charge on any atom is 0.354 e. The summed E-state index contributed by atoms with van der Waals surface area (Å²) < 4.78 is 6.67. The highest BCUT2D eigenvalue weighted by atomic mass is 16.5. The van der Waals surface area contributed by atoms with E-state index < -0.39 is 0 Å². The van der Waals surface area contributed by atoms with E-state index in [0.29, 0.717) is 5.69 Å². The monoisotopic (exact) mass is 229 g/mol. The molecule has 0 amide bonds. The summed E-state index contributed by atoms with van der Waals surface area (Å²) >= 11 is 0. The summed E-state index contributed by atoms with van der Waals surface area (Å²) in [5.74, 6) is -0.297. The van der Waals surface area contributed by atoms with Crippen LogP contribution >= 0.6 is 0 Å². The smallest absolute Gasteiger partial charge is 0.354 e. The van der Waals surface area contributed by atoms with Crippen molar-refractivity contribution in [2.75, 3.05) is 7.11 Å². The fourth-order valence-corrected chi connectivity index (χ4v) is 1.84. The first-order chi connectivity index (χ1) is 8.26. The average molecular weight is 229 g/mol. The van der Waals surface area contributed by atoms with Crippen molar-refractivity contribution in [1.29, 1.82) is 0 Å². The van der Waals surface area contributed by atoms with Crippen LogP contribution in [0.1, 0.15) is 17.4 Å². The minimum absolute atomic E-state index is 0.297. The maximum absolute atomic E-state index is 11.6. The van der Waals surface area contributed by atoms with Gasteiger partial charge in [-0.2, -0.15) is 0 Å². The van der Waals surface area contributed by atoms with Gasteiger partial charge in [0.1, 0.15) is 5.69 Å². The summed E-state index contributed by atoms with van der Waals surface area (Å²) in [6, 6.07) is 11.9. The molecule has 17 heavy (non-hydrogen) atoms. The first kappa shape index (κ1) is 11.5. The van der Waals surface area contributed by atoms with Crippen molar-refractivity contribution in [2.24, 2.45) is 0 Å². The lowest BCUT2D eigenvalue weighted by atomic mass is 10.1. The molecule has 0 aliphatic rings. The summed E-state index contributed by atoms with van der Waals surface area (Å²) in [4.78, 5) is 11.6. The number of aromatic nitrogens is 1. The molecule has 2 aromatic rings. The van der Waals surface area contributed by atoms with Gasteiger partial charge in [-0.15, -0.1) is 0 Å².